The second-order valence-electron chi connectivity index (χ2n) is 6.18. The summed E-state index contributed by atoms with van der Waals surface area (Å²) in [7, 11) is 0. The van der Waals surface area contributed by atoms with Crippen LogP contribution >= 0.6 is 0 Å². The first-order valence-electron chi connectivity index (χ1n) is 7.68. The molecule has 110 valence electrons. The van der Waals surface area contributed by atoms with Crippen LogP contribution in [0.3, 0.4) is 0 Å². The summed E-state index contributed by atoms with van der Waals surface area (Å²) < 4.78 is 5.80. The quantitative estimate of drug-likeness (QED) is 0.888. The SMILES string of the molecule is CCOC(C)(C)CNC1c2ccccc2-c2ccccc21. The molecule has 2 aromatic rings. The number of benzene rings is 2. The zero-order valence-electron chi connectivity index (χ0n) is 13.0. The summed E-state index contributed by atoms with van der Waals surface area (Å²) in [4.78, 5) is 0. The molecule has 0 bridgehead atoms. The van der Waals surface area contributed by atoms with Gasteiger partial charge < -0.3 is 10.1 Å². The van der Waals surface area contributed by atoms with Gasteiger partial charge in [-0.25, -0.2) is 0 Å². The Balaban J connectivity index is 1.89. The van der Waals surface area contributed by atoms with Gasteiger partial charge in [-0.1, -0.05) is 48.5 Å². The molecule has 0 saturated heterocycles. The average molecular weight is 281 g/mol. The van der Waals surface area contributed by atoms with Crippen LogP contribution in [0.2, 0.25) is 0 Å². The maximum atomic E-state index is 5.80. The van der Waals surface area contributed by atoms with E-state index in [4.69, 9.17) is 4.74 Å². The number of hydrogen-bond acceptors (Lipinski definition) is 2. The van der Waals surface area contributed by atoms with Crippen LogP contribution in [0.4, 0.5) is 0 Å². The largest absolute Gasteiger partial charge is 0.375 e. The van der Waals surface area contributed by atoms with Crippen molar-refractivity contribution in [3.8, 4) is 11.1 Å². The van der Waals surface area contributed by atoms with Crippen LogP contribution in [-0.2, 0) is 4.74 Å². The molecule has 1 N–H and O–H groups in total. The molecule has 21 heavy (non-hydrogen) atoms. The van der Waals surface area contributed by atoms with Gasteiger partial charge in [-0.15, -0.1) is 0 Å². The fourth-order valence-corrected chi connectivity index (χ4v) is 3.17. The third-order valence-electron chi connectivity index (χ3n) is 4.10. The summed E-state index contributed by atoms with van der Waals surface area (Å²) in [5.74, 6) is 0. The molecule has 0 spiro atoms. The van der Waals surface area contributed by atoms with E-state index in [2.05, 4.69) is 67.7 Å². The number of fused-ring (bicyclic) bond motifs is 3. The summed E-state index contributed by atoms with van der Waals surface area (Å²) in [6, 6.07) is 17.6. The highest BCUT2D eigenvalue weighted by Crippen LogP contribution is 2.43. The zero-order valence-corrected chi connectivity index (χ0v) is 13.0. The van der Waals surface area contributed by atoms with Crippen molar-refractivity contribution < 1.29 is 4.74 Å². The predicted octanol–water partition coefficient (Wildman–Crippen LogP) is 4.16. The Bertz CT molecular complexity index is 587. The first kappa shape index (κ1) is 14.3. The van der Waals surface area contributed by atoms with E-state index in [1.807, 2.05) is 6.92 Å². The van der Waals surface area contributed by atoms with Gasteiger partial charge in [0.2, 0.25) is 0 Å². The summed E-state index contributed by atoms with van der Waals surface area (Å²) in [5, 5.41) is 3.69. The molecule has 0 unspecified atom stereocenters. The Hall–Kier alpha value is -1.64. The van der Waals surface area contributed by atoms with Gasteiger partial charge in [0.25, 0.3) is 0 Å². The Morgan fingerprint density at radius 1 is 0.952 bits per heavy atom. The van der Waals surface area contributed by atoms with Crippen LogP contribution in [0.15, 0.2) is 48.5 Å². The number of hydrogen-bond donors (Lipinski definition) is 1. The molecule has 1 aliphatic rings. The van der Waals surface area contributed by atoms with Gasteiger partial charge >= 0.3 is 0 Å². The Morgan fingerprint density at radius 3 is 2.00 bits per heavy atom. The lowest BCUT2D eigenvalue weighted by Gasteiger charge is -2.27. The van der Waals surface area contributed by atoms with E-state index in [9.17, 15) is 0 Å². The number of ether oxygens (including phenoxy) is 1. The van der Waals surface area contributed by atoms with Gasteiger partial charge in [0.05, 0.1) is 11.6 Å². The van der Waals surface area contributed by atoms with Crippen molar-refractivity contribution in [1.29, 1.82) is 0 Å². The molecule has 0 amide bonds. The van der Waals surface area contributed by atoms with E-state index >= 15 is 0 Å². The fraction of sp³-hybridized carbons (Fsp3) is 0.368. The topological polar surface area (TPSA) is 21.3 Å². The van der Waals surface area contributed by atoms with Crippen molar-refractivity contribution in [2.24, 2.45) is 0 Å². The minimum atomic E-state index is -0.152. The van der Waals surface area contributed by atoms with Crippen LogP contribution in [0.1, 0.15) is 37.9 Å². The third-order valence-corrected chi connectivity index (χ3v) is 4.10. The maximum Gasteiger partial charge on any atom is 0.0750 e. The van der Waals surface area contributed by atoms with Crippen LogP contribution in [0.25, 0.3) is 11.1 Å². The highest BCUT2D eigenvalue weighted by molar-refractivity contribution is 5.78. The number of rotatable bonds is 5. The van der Waals surface area contributed by atoms with E-state index < -0.39 is 0 Å². The summed E-state index contributed by atoms with van der Waals surface area (Å²) in [5.41, 5.74) is 5.28. The molecule has 1 aliphatic carbocycles. The van der Waals surface area contributed by atoms with Crippen LogP contribution in [-0.4, -0.2) is 18.8 Å². The monoisotopic (exact) mass is 281 g/mol. The van der Waals surface area contributed by atoms with Crippen molar-refractivity contribution in [3.63, 3.8) is 0 Å². The first-order chi connectivity index (χ1) is 10.1. The molecule has 2 heteroatoms. The second-order valence-corrected chi connectivity index (χ2v) is 6.18. The molecule has 0 fully saturated rings. The van der Waals surface area contributed by atoms with Crippen LogP contribution < -0.4 is 5.32 Å². The van der Waals surface area contributed by atoms with Gasteiger partial charge in [0.1, 0.15) is 0 Å². The van der Waals surface area contributed by atoms with Crippen LogP contribution in [0.5, 0.6) is 0 Å². The first-order valence-corrected chi connectivity index (χ1v) is 7.68. The van der Waals surface area contributed by atoms with E-state index in [0.29, 0.717) is 0 Å². The van der Waals surface area contributed by atoms with Gasteiger partial charge in [-0.05, 0) is 43.0 Å². The molecule has 0 radical (unpaired) electrons. The fourth-order valence-electron chi connectivity index (χ4n) is 3.17. The smallest absolute Gasteiger partial charge is 0.0750 e. The lowest BCUT2D eigenvalue weighted by atomic mass is 10.0. The van der Waals surface area contributed by atoms with Crippen molar-refractivity contribution in [3.05, 3.63) is 59.7 Å². The Labute approximate surface area is 127 Å². The minimum Gasteiger partial charge on any atom is -0.375 e. The molecule has 2 nitrogen and oxygen atoms in total. The van der Waals surface area contributed by atoms with Crippen LogP contribution in [0, 0.1) is 0 Å². The molecule has 0 aliphatic heterocycles. The summed E-state index contributed by atoms with van der Waals surface area (Å²) in [6.07, 6.45) is 0. The van der Waals surface area contributed by atoms with E-state index in [1.54, 1.807) is 0 Å². The van der Waals surface area contributed by atoms with E-state index in [-0.39, 0.29) is 11.6 Å². The highest BCUT2D eigenvalue weighted by atomic mass is 16.5. The molecule has 0 atom stereocenters. The van der Waals surface area contributed by atoms with Gasteiger partial charge in [-0.2, -0.15) is 0 Å². The molecular formula is C19H23NO. The highest BCUT2D eigenvalue weighted by Gasteiger charge is 2.29. The molecule has 3 rings (SSSR count). The standard InChI is InChI=1S/C19H23NO/c1-4-21-19(2,3)13-20-18-16-11-7-5-9-14(16)15-10-6-8-12-17(15)18/h5-12,18,20H,4,13H2,1-3H3. The predicted molar refractivity (Wildman–Crippen MR) is 87.4 cm³/mol. The maximum absolute atomic E-state index is 5.80. The van der Waals surface area contributed by atoms with Crippen molar-refractivity contribution in [2.75, 3.05) is 13.2 Å². The molecule has 0 saturated carbocycles. The van der Waals surface area contributed by atoms with Crippen molar-refractivity contribution in [2.45, 2.75) is 32.4 Å². The van der Waals surface area contributed by atoms with E-state index in [0.717, 1.165) is 13.2 Å². The van der Waals surface area contributed by atoms with Gasteiger partial charge in [-0.3, -0.25) is 0 Å². The third kappa shape index (κ3) is 2.74. The molecular weight excluding hydrogens is 258 g/mol. The van der Waals surface area contributed by atoms with E-state index in [1.165, 1.54) is 22.3 Å². The minimum absolute atomic E-state index is 0.152. The second kappa shape index (κ2) is 5.63. The Morgan fingerprint density at radius 2 is 1.48 bits per heavy atom. The van der Waals surface area contributed by atoms with Crippen molar-refractivity contribution in [1.82, 2.24) is 5.32 Å². The lowest BCUT2D eigenvalue weighted by molar-refractivity contribution is -0.00984. The molecule has 0 aromatic heterocycles. The zero-order chi connectivity index (χ0) is 14.9. The molecule has 2 aromatic carbocycles. The molecule has 0 heterocycles. The van der Waals surface area contributed by atoms with Crippen molar-refractivity contribution >= 4 is 0 Å². The summed E-state index contributed by atoms with van der Waals surface area (Å²) in [6.45, 7) is 7.88. The number of nitrogens with one attached hydrogen (secondary N) is 1. The Kier molecular flexibility index (Phi) is 3.83. The summed E-state index contributed by atoms with van der Waals surface area (Å²) >= 11 is 0. The van der Waals surface area contributed by atoms with Gasteiger partial charge in [0.15, 0.2) is 0 Å². The average Bonchev–Trinajstić information content (AvgIpc) is 2.79. The van der Waals surface area contributed by atoms with Gasteiger partial charge in [0, 0.05) is 13.2 Å². The lowest BCUT2D eigenvalue weighted by Crippen LogP contribution is -2.39. The normalized spacial score (nSPS) is 14.0.